The number of fused-ring (bicyclic) bond motifs is 16. The summed E-state index contributed by atoms with van der Waals surface area (Å²) in [5, 5.41) is 16.7. The Morgan fingerprint density at radius 2 is 1.05 bits per heavy atom. The number of amidine groups is 1. The number of rotatable bonds is 5. The highest BCUT2D eigenvalue weighted by Gasteiger charge is 2.28. The molecule has 5 heterocycles. The third kappa shape index (κ3) is 6.68. The number of aliphatic imine (C=N–C) groups is 2. The van der Waals surface area contributed by atoms with Crippen LogP contribution in [-0.4, -0.2) is 20.7 Å². The molecule has 0 fully saturated rings. The molecule has 16 aromatic rings. The van der Waals surface area contributed by atoms with Crippen LogP contribution in [0.15, 0.2) is 257 Å². The molecule has 0 N–H and O–H groups in total. The van der Waals surface area contributed by atoms with Crippen LogP contribution in [0, 0.1) is 5.92 Å². The Bertz CT molecular complexity index is 5280. The van der Waals surface area contributed by atoms with Crippen LogP contribution in [0.3, 0.4) is 0 Å². The van der Waals surface area contributed by atoms with E-state index in [1.54, 1.807) is 0 Å². The van der Waals surface area contributed by atoms with Gasteiger partial charge in [-0.1, -0.05) is 177 Å². The zero-order valence-corrected chi connectivity index (χ0v) is 43.8. The van der Waals surface area contributed by atoms with E-state index in [-0.39, 0.29) is 5.92 Å². The van der Waals surface area contributed by atoms with Crippen LogP contribution in [0.1, 0.15) is 30.0 Å². The molecule has 12 aromatic carbocycles. The number of thiophene rings is 1. The maximum Gasteiger partial charge on any atom is 0.162 e. The van der Waals surface area contributed by atoms with Crippen molar-refractivity contribution in [2.75, 3.05) is 0 Å². The SMILES string of the molecule is CC1C/C=C(\c2cccc3c2oc2ccccc23)N=C(c2cccc3c4ccccc4n(-c4ccccc4)c23)N=C1c1cc2sc3c4ccccc4ccc3c2cc1-n1c2cc3ccccc3cc2c2cc3ccccc3cc21. The molecule has 0 spiro atoms. The van der Waals surface area contributed by atoms with Crippen LogP contribution in [0.25, 0.3) is 135 Å². The summed E-state index contributed by atoms with van der Waals surface area (Å²) >= 11 is 1.88. The van der Waals surface area contributed by atoms with Crippen LogP contribution in [0.4, 0.5) is 0 Å². The molecular formula is C73H46N4OS. The molecule has 1 unspecified atom stereocenters. The van der Waals surface area contributed by atoms with Crippen molar-refractivity contribution in [2.45, 2.75) is 13.3 Å². The predicted molar refractivity (Wildman–Crippen MR) is 336 cm³/mol. The Balaban J connectivity index is 1.01. The molecule has 370 valence electrons. The van der Waals surface area contributed by atoms with Crippen LogP contribution in [0.2, 0.25) is 0 Å². The van der Waals surface area contributed by atoms with Gasteiger partial charge in [0.1, 0.15) is 11.2 Å². The second-order valence-corrected chi connectivity index (χ2v) is 22.3. The molecule has 1 aliphatic rings. The summed E-state index contributed by atoms with van der Waals surface area (Å²) in [6.45, 7) is 2.35. The van der Waals surface area contributed by atoms with Crippen molar-refractivity contribution in [3.63, 3.8) is 0 Å². The van der Waals surface area contributed by atoms with Crippen LogP contribution >= 0.6 is 11.3 Å². The van der Waals surface area contributed by atoms with Crippen molar-refractivity contribution in [1.82, 2.24) is 9.13 Å². The van der Waals surface area contributed by atoms with E-state index in [0.717, 1.165) is 88.9 Å². The van der Waals surface area contributed by atoms with Gasteiger partial charge in [0.05, 0.1) is 39.2 Å². The molecule has 1 aliphatic heterocycles. The fourth-order valence-electron chi connectivity index (χ4n) is 13.0. The highest BCUT2D eigenvalue weighted by molar-refractivity contribution is 7.26. The van der Waals surface area contributed by atoms with Crippen molar-refractivity contribution in [2.24, 2.45) is 15.9 Å². The van der Waals surface area contributed by atoms with E-state index in [4.69, 9.17) is 14.4 Å². The molecule has 0 bridgehead atoms. The minimum Gasteiger partial charge on any atom is -0.455 e. The maximum atomic E-state index is 6.78. The van der Waals surface area contributed by atoms with Gasteiger partial charge in [-0.05, 0) is 112 Å². The predicted octanol–water partition coefficient (Wildman–Crippen LogP) is 19.9. The summed E-state index contributed by atoms with van der Waals surface area (Å²) in [6, 6.07) is 86.3. The monoisotopic (exact) mass is 1030 g/mol. The standard InChI is InChI=1S/C73H46N4OS/c1-43-33-36-62(56-29-16-28-54-52-26-12-14-32-67(52)78-71(54)56)74-73(57-30-15-27-53-51-25-11-13-31-63(51)76(70(53)57)49-22-3-2-4-23-49)75-69(43)61-42-68-60(55-35-34-44-17-9-10-24-50(44)72(55)79-68)41-66(61)77-64-39-47-20-7-5-18-45(47)37-58(64)59-38-46-19-6-8-21-48(46)40-65(59)77/h2-32,34-43H,33H2,1H3/b62-36+,74-73?,75-69?. The minimum atomic E-state index is -0.0595. The second-order valence-electron chi connectivity index (χ2n) is 21.2. The van der Waals surface area contributed by atoms with E-state index < -0.39 is 0 Å². The summed E-state index contributed by atoms with van der Waals surface area (Å²) < 4.78 is 14.2. The highest BCUT2D eigenvalue weighted by Crippen LogP contribution is 2.45. The van der Waals surface area contributed by atoms with E-state index in [2.05, 4.69) is 253 Å². The normalized spacial score (nSPS) is 15.1. The van der Waals surface area contributed by atoms with Gasteiger partial charge in [-0.2, -0.15) is 0 Å². The molecule has 79 heavy (non-hydrogen) atoms. The lowest BCUT2D eigenvalue weighted by molar-refractivity contribution is 0.667. The fraction of sp³-hybridized carbons (Fsp3) is 0.0411. The number of para-hydroxylation sites is 5. The topological polar surface area (TPSA) is 47.7 Å². The molecule has 0 aliphatic carbocycles. The Kier molecular flexibility index (Phi) is 9.56. The quantitative estimate of drug-likeness (QED) is 0.169. The van der Waals surface area contributed by atoms with Gasteiger partial charge in [-0.3, -0.25) is 0 Å². The smallest absolute Gasteiger partial charge is 0.162 e. The lowest BCUT2D eigenvalue weighted by Gasteiger charge is -2.22. The number of aromatic nitrogens is 2. The van der Waals surface area contributed by atoms with Gasteiger partial charge in [0.2, 0.25) is 0 Å². The van der Waals surface area contributed by atoms with Crippen molar-refractivity contribution in [3.05, 3.63) is 259 Å². The van der Waals surface area contributed by atoms with Crippen molar-refractivity contribution < 1.29 is 4.42 Å². The third-order valence-corrected chi connectivity index (χ3v) is 17.9. The van der Waals surface area contributed by atoms with E-state index >= 15 is 0 Å². The van der Waals surface area contributed by atoms with Gasteiger partial charge < -0.3 is 13.6 Å². The molecule has 0 saturated heterocycles. The van der Waals surface area contributed by atoms with Gasteiger partial charge in [-0.25, -0.2) is 9.98 Å². The summed E-state index contributed by atoms with van der Waals surface area (Å²) in [5.41, 5.74) is 13.1. The molecule has 0 saturated carbocycles. The summed E-state index contributed by atoms with van der Waals surface area (Å²) in [5.74, 6) is 0.579. The molecule has 1 atom stereocenters. The van der Waals surface area contributed by atoms with Gasteiger partial charge in [0.15, 0.2) is 5.84 Å². The van der Waals surface area contributed by atoms with E-state index in [0.29, 0.717) is 12.3 Å². The van der Waals surface area contributed by atoms with Gasteiger partial charge in [-0.15, -0.1) is 11.3 Å². The molecular weight excluding hydrogens is 981 g/mol. The Labute approximate surface area is 457 Å². The largest absolute Gasteiger partial charge is 0.455 e. The minimum absolute atomic E-state index is 0.0595. The van der Waals surface area contributed by atoms with Crippen molar-refractivity contribution >= 4 is 147 Å². The fourth-order valence-corrected chi connectivity index (χ4v) is 14.3. The Hall–Kier alpha value is -9.88. The lowest BCUT2D eigenvalue weighted by atomic mass is 9.91. The molecule has 0 radical (unpaired) electrons. The number of hydrogen-bond donors (Lipinski definition) is 0. The summed E-state index contributed by atoms with van der Waals surface area (Å²) in [4.78, 5) is 12.0. The first-order chi connectivity index (χ1) is 39.1. The third-order valence-electron chi connectivity index (χ3n) is 16.7. The first-order valence-electron chi connectivity index (χ1n) is 27.2. The van der Waals surface area contributed by atoms with Crippen molar-refractivity contribution in [3.8, 4) is 11.4 Å². The number of furan rings is 1. The lowest BCUT2D eigenvalue weighted by Crippen LogP contribution is -2.19. The number of allylic oxidation sites excluding steroid dienone is 1. The number of benzene rings is 12. The molecule has 5 nitrogen and oxygen atoms in total. The average Bonchev–Trinajstić information content (AvgIpc) is 4.41. The number of hydrogen-bond acceptors (Lipinski definition) is 4. The van der Waals surface area contributed by atoms with Crippen LogP contribution in [-0.2, 0) is 0 Å². The van der Waals surface area contributed by atoms with Crippen molar-refractivity contribution in [1.29, 1.82) is 0 Å². The maximum absolute atomic E-state index is 6.78. The number of nitrogens with zero attached hydrogens (tertiary/aromatic N) is 4. The van der Waals surface area contributed by atoms with E-state index in [1.165, 1.54) is 68.6 Å². The molecule has 4 aromatic heterocycles. The van der Waals surface area contributed by atoms with Gasteiger partial charge >= 0.3 is 0 Å². The van der Waals surface area contributed by atoms with Gasteiger partial charge in [0, 0.05) is 80.8 Å². The zero-order valence-electron chi connectivity index (χ0n) is 43.0. The Morgan fingerprint density at radius 1 is 0.430 bits per heavy atom. The summed E-state index contributed by atoms with van der Waals surface area (Å²) in [7, 11) is 0. The van der Waals surface area contributed by atoms with Gasteiger partial charge in [0.25, 0.3) is 0 Å². The van der Waals surface area contributed by atoms with Crippen LogP contribution < -0.4 is 0 Å². The zero-order chi connectivity index (χ0) is 51.9. The first kappa shape index (κ1) is 44.3. The molecule has 17 rings (SSSR count). The van der Waals surface area contributed by atoms with E-state index in [9.17, 15) is 0 Å². The molecule has 0 amide bonds. The summed E-state index contributed by atoms with van der Waals surface area (Å²) in [6.07, 6.45) is 3.02. The Morgan fingerprint density at radius 3 is 1.81 bits per heavy atom. The highest BCUT2D eigenvalue weighted by atomic mass is 32.1. The average molecular weight is 1030 g/mol. The first-order valence-corrected chi connectivity index (χ1v) is 28.0. The second kappa shape index (κ2) is 17.1. The van der Waals surface area contributed by atoms with E-state index in [1.807, 2.05) is 17.4 Å². The van der Waals surface area contributed by atoms with Crippen LogP contribution in [0.5, 0.6) is 0 Å². The molecule has 6 heteroatoms.